The Labute approximate surface area is 130 Å². The van der Waals surface area contributed by atoms with Crippen LogP contribution in [0.4, 0.5) is 0 Å². The summed E-state index contributed by atoms with van der Waals surface area (Å²) in [5, 5.41) is 4.15. The minimum atomic E-state index is -0.000100. The van der Waals surface area contributed by atoms with Crippen molar-refractivity contribution in [3.8, 4) is 5.75 Å². The number of aromatic nitrogens is 1. The molecule has 116 valence electrons. The van der Waals surface area contributed by atoms with Gasteiger partial charge in [-0.2, -0.15) is 0 Å². The summed E-state index contributed by atoms with van der Waals surface area (Å²) in [7, 11) is 1.65. The first kappa shape index (κ1) is 13.7. The molecule has 2 aliphatic carbocycles. The molecule has 1 aromatic heterocycles. The molecule has 2 bridgehead atoms. The maximum absolute atomic E-state index is 12.4. The van der Waals surface area contributed by atoms with Gasteiger partial charge in [-0.1, -0.05) is 0 Å². The van der Waals surface area contributed by atoms with Gasteiger partial charge in [-0.15, -0.1) is 0 Å². The lowest BCUT2D eigenvalue weighted by Gasteiger charge is -2.26. The molecule has 0 radical (unpaired) electrons. The standard InChI is InChI=1S/C18H22N2O2/c1-22-14-2-3-15-13(8-14)9-16(20-15)17(21)19-11-18-6-4-12(10-18)5-7-18/h2-3,8-9,12,20H,4-7,10-11H2,1H3,(H,19,21). The number of H-pyrrole nitrogens is 1. The molecule has 2 saturated carbocycles. The maximum Gasteiger partial charge on any atom is 0.267 e. The normalized spacial score (nSPS) is 26.5. The Morgan fingerprint density at radius 2 is 2.18 bits per heavy atom. The van der Waals surface area contributed by atoms with E-state index in [2.05, 4.69) is 10.3 Å². The molecule has 1 heterocycles. The first-order valence-electron chi connectivity index (χ1n) is 8.12. The van der Waals surface area contributed by atoms with Crippen molar-refractivity contribution >= 4 is 16.8 Å². The van der Waals surface area contributed by atoms with Crippen molar-refractivity contribution in [3.63, 3.8) is 0 Å². The SMILES string of the molecule is COc1ccc2[nH]c(C(=O)NCC34CCC(CC3)C4)cc2c1. The second-order valence-corrected chi connectivity index (χ2v) is 6.97. The van der Waals surface area contributed by atoms with Gasteiger partial charge in [0.05, 0.1) is 7.11 Å². The van der Waals surface area contributed by atoms with Gasteiger partial charge in [-0.3, -0.25) is 4.79 Å². The quantitative estimate of drug-likeness (QED) is 0.908. The van der Waals surface area contributed by atoms with Crippen molar-refractivity contribution in [2.24, 2.45) is 11.3 Å². The highest BCUT2D eigenvalue weighted by Gasteiger charge is 2.44. The van der Waals surface area contributed by atoms with Crippen molar-refractivity contribution in [1.29, 1.82) is 0 Å². The highest BCUT2D eigenvalue weighted by molar-refractivity contribution is 5.98. The molecule has 0 saturated heterocycles. The van der Waals surface area contributed by atoms with E-state index in [-0.39, 0.29) is 5.91 Å². The third kappa shape index (κ3) is 2.27. The van der Waals surface area contributed by atoms with Gasteiger partial charge in [0, 0.05) is 17.4 Å². The zero-order valence-electron chi connectivity index (χ0n) is 12.9. The number of fused-ring (bicyclic) bond motifs is 3. The highest BCUT2D eigenvalue weighted by atomic mass is 16.5. The molecule has 2 fully saturated rings. The summed E-state index contributed by atoms with van der Waals surface area (Å²) in [6.45, 7) is 0.820. The van der Waals surface area contributed by atoms with E-state index in [1.54, 1.807) is 7.11 Å². The minimum Gasteiger partial charge on any atom is -0.497 e. The Balaban J connectivity index is 1.48. The molecular weight excluding hydrogens is 276 g/mol. The first-order valence-corrected chi connectivity index (χ1v) is 8.12. The summed E-state index contributed by atoms with van der Waals surface area (Å²) in [4.78, 5) is 15.6. The second-order valence-electron chi connectivity index (χ2n) is 6.97. The Bertz CT molecular complexity index is 711. The van der Waals surface area contributed by atoms with Gasteiger partial charge < -0.3 is 15.0 Å². The van der Waals surface area contributed by atoms with E-state index in [1.165, 1.54) is 32.1 Å². The van der Waals surface area contributed by atoms with Crippen LogP contribution in [0.25, 0.3) is 10.9 Å². The lowest BCUT2D eigenvalue weighted by molar-refractivity contribution is 0.0926. The van der Waals surface area contributed by atoms with E-state index in [9.17, 15) is 4.79 Å². The fourth-order valence-electron chi connectivity index (χ4n) is 4.28. The number of carbonyl (C=O) groups is 1. The number of ether oxygens (including phenoxy) is 1. The van der Waals surface area contributed by atoms with Gasteiger partial charge >= 0.3 is 0 Å². The molecule has 1 amide bonds. The number of carbonyl (C=O) groups excluding carboxylic acids is 1. The topological polar surface area (TPSA) is 54.1 Å². The Kier molecular flexibility index (Phi) is 3.13. The molecule has 0 aliphatic heterocycles. The summed E-state index contributed by atoms with van der Waals surface area (Å²) in [5.74, 6) is 1.72. The van der Waals surface area contributed by atoms with E-state index in [0.717, 1.165) is 29.1 Å². The predicted octanol–water partition coefficient (Wildman–Crippen LogP) is 3.49. The van der Waals surface area contributed by atoms with Gasteiger partial charge in [-0.05, 0) is 67.7 Å². The molecule has 0 atom stereocenters. The Morgan fingerprint density at radius 3 is 2.86 bits per heavy atom. The van der Waals surface area contributed by atoms with Crippen LogP contribution in [0.15, 0.2) is 24.3 Å². The monoisotopic (exact) mass is 298 g/mol. The van der Waals surface area contributed by atoms with E-state index in [4.69, 9.17) is 4.74 Å². The van der Waals surface area contributed by atoms with Crippen molar-refractivity contribution in [1.82, 2.24) is 10.3 Å². The molecule has 2 N–H and O–H groups in total. The maximum atomic E-state index is 12.4. The number of methoxy groups -OCH3 is 1. The van der Waals surface area contributed by atoms with Crippen molar-refractivity contribution in [3.05, 3.63) is 30.0 Å². The molecule has 4 rings (SSSR count). The number of aromatic amines is 1. The fourth-order valence-corrected chi connectivity index (χ4v) is 4.28. The van der Waals surface area contributed by atoms with Crippen LogP contribution >= 0.6 is 0 Å². The molecule has 0 unspecified atom stereocenters. The minimum absolute atomic E-state index is 0.000100. The van der Waals surface area contributed by atoms with Crippen molar-refractivity contribution in [2.75, 3.05) is 13.7 Å². The predicted molar refractivity (Wildman–Crippen MR) is 86.2 cm³/mol. The lowest BCUT2D eigenvalue weighted by Crippen LogP contribution is -2.35. The van der Waals surface area contributed by atoms with E-state index in [1.807, 2.05) is 24.3 Å². The average molecular weight is 298 g/mol. The first-order chi connectivity index (χ1) is 10.7. The second kappa shape index (κ2) is 5.04. The summed E-state index contributed by atoms with van der Waals surface area (Å²) in [6.07, 6.45) is 6.56. The third-order valence-corrected chi connectivity index (χ3v) is 5.58. The zero-order valence-corrected chi connectivity index (χ0v) is 12.9. The van der Waals surface area contributed by atoms with Crippen LogP contribution in [-0.4, -0.2) is 24.5 Å². The molecule has 1 aromatic carbocycles. The number of benzene rings is 1. The van der Waals surface area contributed by atoms with Gasteiger partial charge in [0.15, 0.2) is 0 Å². The highest BCUT2D eigenvalue weighted by Crippen LogP contribution is 2.53. The summed E-state index contributed by atoms with van der Waals surface area (Å²) in [6, 6.07) is 7.69. The molecule has 2 aliphatic rings. The van der Waals surface area contributed by atoms with Crippen LogP contribution in [0.1, 0.15) is 42.6 Å². The van der Waals surface area contributed by atoms with Crippen LogP contribution in [0.2, 0.25) is 0 Å². The summed E-state index contributed by atoms with van der Waals surface area (Å²) in [5.41, 5.74) is 1.98. The molecule has 2 aromatic rings. The van der Waals surface area contributed by atoms with E-state index >= 15 is 0 Å². The van der Waals surface area contributed by atoms with Crippen LogP contribution in [-0.2, 0) is 0 Å². The van der Waals surface area contributed by atoms with Crippen molar-refractivity contribution < 1.29 is 9.53 Å². The molecule has 22 heavy (non-hydrogen) atoms. The van der Waals surface area contributed by atoms with Gasteiger partial charge in [0.2, 0.25) is 0 Å². The van der Waals surface area contributed by atoms with Crippen molar-refractivity contribution in [2.45, 2.75) is 32.1 Å². The van der Waals surface area contributed by atoms with E-state index in [0.29, 0.717) is 11.1 Å². The number of amides is 1. The van der Waals surface area contributed by atoms with Crippen LogP contribution in [0, 0.1) is 11.3 Å². The number of nitrogens with one attached hydrogen (secondary N) is 2. The number of hydrogen-bond acceptors (Lipinski definition) is 2. The summed E-state index contributed by atoms with van der Waals surface area (Å²) < 4.78 is 5.22. The molecule has 0 spiro atoms. The van der Waals surface area contributed by atoms with Crippen LogP contribution in [0.3, 0.4) is 0 Å². The average Bonchev–Trinajstić information content (AvgIpc) is 3.25. The van der Waals surface area contributed by atoms with Gasteiger partial charge in [0.1, 0.15) is 11.4 Å². The van der Waals surface area contributed by atoms with Gasteiger partial charge in [-0.25, -0.2) is 0 Å². The summed E-state index contributed by atoms with van der Waals surface area (Å²) >= 11 is 0. The van der Waals surface area contributed by atoms with Crippen LogP contribution < -0.4 is 10.1 Å². The fraction of sp³-hybridized carbons (Fsp3) is 0.500. The zero-order chi connectivity index (χ0) is 15.2. The molecule has 4 nitrogen and oxygen atoms in total. The third-order valence-electron chi connectivity index (χ3n) is 5.58. The molecular formula is C18H22N2O2. The van der Waals surface area contributed by atoms with Gasteiger partial charge in [0.25, 0.3) is 5.91 Å². The lowest BCUT2D eigenvalue weighted by atomic mass is 9.84. The number of rotatable bonds is 4. The van der Waals surface area contributed by atoms with Crippen LogP contribution in [0.5, 0.6) is 5.75 Å². The Hall–Kier alpha value is -1.97. The Morgan fingerprint density at radius 1 is 1.36 bits per heavy atom. The largest absolute Gasteiger partial charge is 0.497 e. The van der Waals surface area contributed by atoms with E-state index < -0.39 is 0 Å². The number of hydrogen-bond donors (Lipinski definition) is 2. The molecule has 4 heteroatoms. The smallest absolute Gasteiger partial charge is 0.267 e.